The Bertz CT molecular complexity index is 1130. The number of nitrogens with one attached hydrogen (secondary N) is 1. The smallest absolute Gasteiger partial charge is 0.305 e. The molecule has 0 aromatic heterocycles. The van der Waals surface area contributed by atoms with E-state index in [1.165, 1.54) is 250 Å². The van der Waals surface area contributed by atoms with E-state index < -0.39 is 12.1 Å². The minimum atomic E-state index is -0.667. The van der Waals surface area contributed by atoms with Gasteiger partial charge in [-0.1, -0.05) is 275 Å². The zero-order valence-corrected chi connectivity index (χ0v) is 47.0. The number of ether oxygens (including phenoxy) is 1. The molecule has 6 heteroatoms. The van der Waals surface area contributed by atoms with E-state index in [9.17, 15) is 19.8 Å². The summed E-state index contributed by atoms with van der Waals surface area (Å²) < 4.78 is 5.49. The van der Waals surface area contributed by atoms with Crippen molar-refractivity contribution in [3.63, 3.8) is 0 Å². The van der Waals surface area contributed by atoms with E-state index in [0.29, 0.717) is 25.9 Å². The van der Waals surface area contributed by atoms with Crippen LogP contribution in [0.2, 0.25) is 0 Å². The van der Waals surface area contributed by atoms with E-state index in [2.05, 4.69) is 55.6 Å². The van der Waals surface area contributed by atoms with Crippen LogP contribution >= 0.6 is 0 Å². The second kappa shape index (κ2) is 59.6. The molecule has 0 radical (unpaired) electrons. The lowest BCUT2D eigenvalue weighted by molar-refractivity contribution is -0.143. The SMILES string of the molecule is CCCCCCCC/C=C\CCCCCCCCCC(=O)OCCCCCCCCCCC/C=C\C/C=C\CCCCCCCCCCCC(=O)NC(CO)C(O)CCCCCCCCCCCCC. The van der Waals surface area contributed by atoms with Gasteiger partial charge in [0.2, 0.25) is 5.91 Å². The number of aliphatic hydroxyl groups is 2. The summed E-state index contributed by atoms with van der Waals surface area (Å²) >= 11 is 0. The van der Waals surface area contributed by atoms with Crippen LogP contribution in [0.3, 0.4) is 0 Å². The van der Waals surface area contributed by atoms with Crippen LogP contribution in [-0.4, -0.2) is 47.4 Å². The van der Waals surface area contributed by atoms with Crippen LogP contribution in [-0.2, 0) is 14.3 Å². The van der Waals surface area contributed by atoms with Crippen molar-refractivity contribution in [3.8, 4) is 0 Å². The number of amides is 1. The maximum absolute atomic E-state index is 12.4. The molecule has 0 bridgehead atoms. The Hall–Kier alpha value is -1.92. The zero-order chi connectivity index (χ0) is 50.7. The summed E-state index contributed by atoms with van der Waals surface area (Å²) in [6, 6.07) is -0.545. The molecule has 3 N–H and O–H groups in total. The molecule has 70 heavy (non-hydrogen) atoms. The number of allylic oxidation sites excluding steroid dienone is 6. The molecule has 0 aromatic carbocycles. The van der Waals surface area contributed by atoms with Crippen molar-refractivity contribution >= 4 is 11.9 Å². The number of hydrogen-bond acceptors (Lipinski definition) is 5. The summed E-state index contributed by atoms with van der Waals surface area (Å²) in [5.74, 6) is -0.0361. The monoisotopic (exact) mass is 984 g/mol. The molecule has 2 unspecified atom stereocenters. The number of carbonyl (C=O) groups excluding carboxylic acids is 2. The normalized spacial score (nSPS) is 12.8. The topological polar surface area (TPSA) is 95.9 Å². The summed E-state index contributed by atoms with van der Waals surface area (Å²) in [6.45, 7) is 4.94. The van der Waals surface area contributed by atoms with Gasteiger partial charge in [-0.2, -0.15) is 0 Å². The molecule has 0 spiro atoms. The van der Waals surface area contributed by atoms with Crippen LogP contribution in [0.1, 0.15) is 335 Å². The van der Waals surface area contributed by atoms with Gasteiger partial charge in [0.05, 0.1) is 25.4 Å². The summed E-state index contributed by atoms with van der Waals surface area (Å²) in [7, 11) is 0. The van der Waals surface area contributed by atoms with Gasteiger partial charge in [-0.05, 0) is 83.5 Å². The Morgan fingerprint density at radius 2 is 0.714 bits per heavy atom. The standard InChI is InChI=1S/C64H121NO5/c1-3-5-7-9-11-13-15-16-17-27-31-34-38-42-46-50-54-58-64(69)70-59-55-51-47-43-39-35-32-29-26-24-22-20-18-19-21-23-25-28-30-33-37-41-45-49-53-57-63(68)65-61(60-66)62(67)56-52-48-44-40-36-14-12-10-8-6-4-2/h16-17,19-22,61-62,66-67H,3-15,18,23-60H2,1-2H3,(H,65,68)/b17-16-,21-19-,22-20-. The van der Waals surface area contributed by atoms with Crippen LogP contribution < -0.4 is 5.32 Å². The van der Waals surface area contributed by atoms with Crippen LogP contribution in [0.4, 0.5) is 0 Å². The first-order chi connectivity index (χ1) is 34.5. The highest BCUT2D eigenvalue weighted by Crippen LogP contribution is 2.17. The molecule has 0 saturated heterocycles. The Morgan fingerprint density at radius 3 is 1.10 bits per heavy atom. The average Bonchev–Trinajstić information content (AvgIpc) is 3.36. The molecular formula is C64H121NO5. The number of carbonyl (C=O) groups is 2. The molecule has 1 amide bonds. The van der Waals surface area contributed by atoms with E-state index in [0.717, 1.165) is 51.4 Å². The van der Waals surface area contributed by atoms with E-state index >= 15 is 0 Å². The largest absolute Gasteiger partial charge is 0.466 e. The molecule has 2 atom stereocenters. The highest BCUT2D eigenvalue weighted by molar-refractivity contribution is 5.76. The fourth-order valence-electron chi connectivity index (χ4n) is 9.61. The lowest BCUT2D eigenvalue weighted by Gasteiger charge is -2.22. The fourth-order valence-corrected chi connectivity index (χ4v) is 9.61. The summed E-state index contributed by atoms with van der Waals surface area (Å²) in [6.07, 6.45) is 74.5. The molecule has 0 saturated carbocycles. The number of hydrogen-bond donors (Lipinski definition) is 3. The van der Waals surface area contributed by atoms with Gasteiger partial charge in [-0.25, -0.2) is 0 Å². The first kappa shape index (κ1) is 68.1. The van der Waals surface area contributed by atoms with Crippen LogP contribution in [0.25, 0.3) is 0 Å². The van der Waals surface area contributed by atoms with Gasteiger partial charge in [-0.15, -0.1) is 0 Å². The predicted molar refractivity (Wildman–Crippen MR) is 306 cm³/mol. The number of rotatable bonds is 58. The van der Waals surface area contributed by atoms with Crippen LogP contribution in [0, 0.1) is 0 Å². The van der Waals surface area contributed by atoms with Crippen molar-refractivity contribution in [2.75, 3.05) is 13.2 Å². The summed E-state index contributed by atoms with van der Waals surface area (Å²) in [5, 5.41) is 23.2. The molecule has 0 rings (SSSR count). The highest BCUT2D eigenvalue weighted by atomic mass is 16.5. The number of aliphatic hydroxyl groups excluding tert-OH is 2. The van der Waals surface area contributed by atoms with Gasteiger partial charge in [0.15, 0.2) is 0 Å². The molecule has 0 aromatic rings. The van der Waals surface area contributed by atoms with Crippen molar-refractivity contribution in [2.24, 2.45) is 0 Å². The first-order valence-corrected chi connectivity index (χ1v) is 31.2. The molecule has 0 aliphatic heterocycles. The van der Waals surface area contributed by atoms with Crippen molar-refractivity contribution in [3.05, 3.63) is 36.5 Å². The molecular weight excluding hydrogens is 863 g/mol. The molecule has 0 aliphatic carbocycles. The van der Waals surface area contributed by atoms with Crippen LogP contribution in [0.15, 0.2) is 36.5 Å². The van der Waals surface area contributed by atoms with Gasteiger partial charge in [0.25, 0.3) is 0 Å². The first-order valence-electron chi connectivity index (χ1n) is 31.2. The van der Waals surface area contributed by atoms with Gasteiger partial charge in [-0.3, -0.25) is 9.59 Å². The number of unbranched alkanes of at least 4 members (excludes halogenated alkanes) is 41. The third kappa shape index (κ3) is 55.4. The van der Waals surface area contributed by atoms with Gasteiger partial charge in [0, 0.05) is 12.8 Å². The van der Waals surface area contributed by atoms with Gasteiger partial charge in [0.1, 0.15) is 0 Å². The van der Waals surface area contributed by atoms with Crippen molar-refractivity contribution in [1.82, 2.24) is 5.32 Å². The third-order valence-electron chi connectivity index (χ3n) is 14.4. The quantitative estimate of drug-likeness (QED) is 0.0321. The van der Waals surface area contributed by atoms with Crippen molar-refractivity contribution < 1.29 is 24.5 Å². The highest BCUT2D eigenvalue weighted by Gasteiger charge is 2.20. The second-order valence-corrected chi connectivity index (χ2v) is 21.4. The average molecular weight is 985 g/mol. The fraction of sp³-hybridized carbons (Fsp3) is 0.875. The maximum atomic E-state index is 12.4. The van der Waals surface area contributed by atoms with Crippen LogP contribution in [0.5, 0.6) is 0 Å². The van der Waals surface area contributed by atoms with E-state index in [1.54, 1.807) is 0 Å². The Balaban J connectivity index is 3.41. The molecule has 6 nitrogen and oxygen atoms in total. The maximum Gasteiger partial charge on any atom is 0.305 e. The minimum Gasteiger partial charge on any atom is -0.466 e. The van der Waals surface area contributed by atoms with Crippen molar-refractivity contribution in [2.45, 2.75) is 347 Å². The zero-order valence-electron chi connectivity index (χ0n) is 47.0. The number of esters is 1. The summed E-state index contributed by atoms with van der Waals surface area (Å²) in [5.41, 5.74) is 0. The predicted octanol–water partition coefficient (Wildman–Crippen LogP) is 19.6. The van der Waals surface area contributed by atoms with E-state index in [4.69, 9.17) is 4.74 Å². The molecule has 412 valence electrons. The lowest BCUT2D eigenvalue weighted by Crippen LogP contribution is -2.45. The Kier molecular flexibility index (Phi) is 58.0. The van der Waals surface area contributed by atoms with E-state index in [-0.39, 0.29) is 18.5 Å². The lowest BCUT2D eigenvalue weighted by atomic mass is 10.0. The molecule has 0 fully saturated rings. The van der Waals surface area contributed by atoms with E-state index in [1.807, 2.05) is 0 Å². The Labute approximate surface area is 436 Å². The third-order valence-corrected chi connectivity index (χ3v) is 14.4. The molecule has 0 heterocycles. The van der Waals surface area contributed by atoms with Gasteiger partial charge >= 0.3 is 5.97 Å². The van der Waals surface area contributed by atoms with Gasteiger partial charge < -0.3 is 20.3 Å². The molecule has 0 aliphatic rings. The van der Waals surface area contributed by atoms with Crippen molar-refractivity contribution in [1.29, 1.82) is 0 Å². The Morgan fingerprint density at radius 1 is 0.400 bits per heavy atom. The second-order valence-electron chi connectivity index (χ2n) is 21.4. The minimum absolute atomic E-state index is 0.00566. The summed E-state index contributed by atoms with van der Waals surface area (Å²) in [4.78, 5) is 24.5.